The molecule has 1 aromatic heterocycles. The van der Waals surface area contributed by atoms with E-state index in [9.17, 15) is 0 Å². The normalized spacial score (nSPS) is 19.1. The minimum Gasteiger partial charge on any atom is -0.384 e. The number of ether oxygens (including phenoxy) is 1. The van der Waals surface area contributed by atoms with E-state index >= 15 is 0 Å². The van der Waals surface area contributed by atoms with Gasteiger partial charge in [0.05, 0.1) is 11.6 Å². The Kier molecular flexibility index (Phi) is 4.38. The van der Waals surface area contributed by atoms with Gasteiger partial charge in [0.15, 0.2) is 0 Å². The largest absolute Gasteiger partial charge is 0.384 e. The van der Waals surface area contributed by atoms with Crippen molar-refractivity contribution in [1.29, 1.82) is 0 Å². The highest BCUT2D eigenvalue weighted by molar-refractivity contribution is 6.31. The van der Waals surface area contributed by atoms with E-state index in [2.05, 4.69) is 10.3 Å². The number of nitrogens with zero attached hydrogens (tertiary/aromatic N) is 1. The quantitative estimate of drug-likeness (QED) is 0.913. The van der Waals surface area contributed by atoms with Gasteiger partial charge in [-0.05, 0) is 49.9 Å². The fraction of sp³-hybridized carbons (Fsp3) is 0.438. The summed E-state index contributed by atoms with van der Waals surface area (Å²) in [4.78, 5) is 4.35. The molecule has 3 nitrogen and oxygen atoms in total. The van der Waals surface area contributed by atoms with Crippen LogP contribution in [0, 0.1) is 0 Å². The number of hydrogen-bond donors (Lipinski definition) is 1. The number of hydrogen-bond acceptors (Lipinski definition) is 3. The molecule has 3 rings (SSSR count). The lowest BCUT2D eigenvalue weighted by Gasteiger charge is -2.22. The zero-order valence-electron chi connectivity index (χ0n) is 11.4. The Morgan fingerprint density at radius 3 is 3.10 bits per heavy atom. The van der Waals surface area contributed by atoms with Crippen LogP contribution in [0.3, 0.4) is 0 Å². The molecule has 0 aliphatic carbocycles. The number of pyridine rings is 1. The van der Waals surface area contributed by atoms with Crippen LogP contribution in [0.2, 0.25) is 5.02 Å². The number of benzene rings is 1. The topological polar surface area (TPSA) is 34.1 Å². The third-order valence-corrected chi connectivity index (χ3v) is 4.00. The number of aromatic nitrogens is 1. The van der Waals surface area contributed by atoms with Crippen LogP contribution in [0.15, 0.2) is 30.5 Å². The average molecular weight is 291 g/mol. The molecular formula is C16H19ClN2O. The standard InChI is InChI=1S/C16H19ClN2O/c17-12-4-5-14-15(7-9-19-16(14)11-12)18-8-6-13-3-1-2-10-20-13/h4-5,7,9,11,13H,1-3,6,8,10H2,(H,18,19). The van der Waals surface area contributed by atoms with Gasteiger partial charge < -0.3 is 10.1 Å². The molecule has 1 atom stereocenters. The summed E-state index contributed by atoms with van der Waals surface area (Å²) in [6.45, 7) is 1.84. The van der Waals surface area contributed by atoms with Crippen LogP contribution in [0.5, 0.6) is 0 Å². The maximum atomic E-state index is 6.00. The van der Waals surface area contributed by atoms with Crippen LogP contribution in [-0.4, -0.2) is 24.2 Å². The molecule has 2 aromatic rings. The highest BCUT2D eigenvalue weighted by Crippen LogP contribution is 2.24. The Labute approximate surface area is 124 Å². The summed E-state index contributed by atoms with van der Waals surface area (Å²) < 4.78 is 5.75. The van der Waals surface area contributed by atoms with Gasteiger partial charge in [-0.25, -0.2) is 0 Å². The second-order valence-corrected chi connectivity index (χ2v) is 5.66. The summed E-state index contributed by atoms with van der Waals surface area (Å²) in [5.74, 6) is 0. The van der Waals surface area contributed by atoms with Crippen molar-refractivity contribution >= 4 is 28.2 Å². The van der Waals surface area contributed by atoms with E-state index in [4.69, 9.17) is 16.3 Å². The Morgan fingerprint density at radius 2 is 2.25 bits per heavy atom. The van der Waals surface area contributed by atoms with Crippen LogP contribution in [0.4, 0.5) is 5.69 Å². The molecule has 1 aliphatic rings. The van der Waals surface area contributed by atoms with E-state index in [1.807, 2.05) is 30.5 Å². The smallest absolute Gasteiger partial charge is 0.0737 e. The van der Waals surface area contributed by atoms with Gasteiger partial charge in [-0.3, -0.25) is 4.98 Å². The first-order chi connectivity index (χ1) is 9.83. The lowest BCUT2D eigenvalue weighted by Crippen LogP contribution is -2.22. The highest BCUT2D eigenvalue weighted by Gasteiger charge is 2.13. The first kappa shape index (κ1) is 13.7. The summed E-state index contributed by atoms with van der Waals surface area (Å²) in [5, 5.41) is 5.32. The third-order valence-electron chi connectivity index (χ3n) is 3.76. The monoisotopic (exact) mass is 290 g/mol. The van der Waals surface area contributed by atoms with Gasteiger partial charge in [0, 0.05) is 35.4 Å². The van der Waals surface area contributed by atoms with Crippen molar-refractivity contribution in [1.82, 2.24) is 4.98 Å². The summed E-state index contributed by atoms with van der Waals surface area (Å²) in [6, 6.07) is 7.83. The molecule has 0 spiro atoms. The molecule has 1 saturated heterocycles. The molecule has 106 valence electrons. The van der Waals surface area contributed by atoms with Gasteiger partial charge in [0.2, 0.25) is 0 Å². The minimum atomic E-state index is 0.416. The second-order valence-electron chi connectivity index (χ2n) is 5.22. The van der Waals surface area contributed by atoms with Gasteiger partial charge in [0.1, 0.15) is 0 Å². The average Bonchev–Trinajstić information content (AvgIpc) is 2.48. The lowest BCUT2D eigenvalue weighted by molar-refractivity contribution is 0.0134. The van der Waals surface area contributed by atoms with Crippen molar-refractivity contribution in [2.75, 3.05) is 18.5 Å². The fourth-order valence-corrected chi connectivity index (χ4v) is 2.84. The second kappa shape index (κ2) is 6.42. The number of rotatable bonds is 4. The van der Waals surface area contributed by atoms with E-state index < -0.39 is 0 Å². The summed E-state index contributed by atoms with van der Waals surface area (Å²) >= 11 is 6.00. The number of halogens is 1. The highest BCUT2D eigenvalue weighted by atomic mass is 35.5. The number of fused-ring (bicyclic) bond motifs is 1. The van der Waals surface area contributed by atoms with Crippen LogP contribution < -0.4 is 5.32 Å². The van der Waals surface area contributed by atoms with Gasteiger partial charge in [-0.1, -0.05) is 11.6 Å². The molecule has 4 heteroatoms. The Balaban J connectivity index is 1.65. The first-order valence-corrected chi connectivity index (χ1v) is 7.60. The third kappa shape index (κ3) is 3.22. The Morgan fingerprint density at radius 1 is 1.30 bits per heavy atom. The van der Waals surface area contributed by atoms with Crippen LogP contribution in [0.1, 0.15) is 25.7 Å². The molecule has 1 aliphatic heterocycles. The molecule has 1 N–H and O–H groups in total. The van der Waals surface area contributed by atoms with Crippen molar-refractivity contribution in [3.8, 4) is 0 Å². The molecule has 20 heavy (non-hydrogen) atoms. The predicted octanol–water partition coefficient (Wildman–Crippen LogP) is 4.26. The fourth-order valence-electron chi connectivity index (χ4n) is 2.68. The molecule has 0 bridgehead atoms. The first-order valence-electron chi connectivity index (χ1n) is 7.23. The SMILES string of the molecule is Clc1ccc2c(NCCC3CCCCO3)ccnc2c1. The summed E-state index contributed by atoms with van der Waals surface area (Å²) in [5.41, 5.74) is 2.04. The van der Waals surface area contributed by atoms with Gasteiger partial charge in [-0.2, -0.15) is 0 Å². The Bertz CT molecular complexity index is 582. The Hall–Kier alpha value is -1.32. The van der Waals surface area contributed by atoms with Crippen LogP contribution in [-0.2, 0) is 4.74 Å². The van der Waals surface area contributed by atoms with Crippen LogP contribution >= 0.6 is 11.6 Å². The van der Waals surface area contributed by atoms with Crippen molar-refractivity contribution in [3.05, 3.63) is 35.5 Å². The minimum absolute atomic E-state index is 0.416. The lowest BCUT2D eigenvalue weighted by atomic mass is 10.1. The van der Waals surface area contributed by atoms with Gasteiger partial charge >= 0.3 is 0 Å². The van der Waals surface area contributed by atoms with E-state index in [1.165, 1.54) is 19.3 Å². The van der Waals surface area contributed by atoms with Crippen LogP contribution in [0.25, 0.3) is 10.9 Å². The van der Waals surface area contributed by atoms with Crippen molar-refractivity contribution in [2.45, 2.75) is 31.8 Å². The number of nitrogens with one attached hydrogen (secondary N) is 1. The zero-order valence-corrected chi connectivity index (χ0v) is 12.2. The van der Waals surface area contributed by atoms with E-state index in [-0.39, 0.29) is 0 Å². The predicted molar refractivity (Wildman–Crippen MR) is 83.5 cm³/mol. The van der Waals surface area contributed by atoms with Gasteiger partial charge in [-0.15, -0.1) is 0 Å². The maximum absolute atomic E-state index is 6.00. The molecule has 1 unspecified atom stereocenters. The number of anilines is 1. The van der Waals surface area contributed by atoms with Crippen molar-refractivity contribution < 1.29 is 4.74 Å². The van der Waals surface area contributed by atoms with E-state index in [0.717, 1.165) is 41.2 Å². The molecule has 0 amide bonds. The summed E-state index contributed by atoms with van der Waals surface area (Å²) in [7, 11) is 0. The van der Waals surface area contributed by atoms with E-state index in [1.54, 1.807) is 0 Å². The molecule has 1 aromatic carbocycles. The molecular weight excluding hydrogens is 272 g/mol. The molecule has 0 radical (unpaired) electrons. The van der Waals surface area contributed by atoms with Gasteiger partial charge in [0.25, 0.3) is 0 Å². The molecule has 2 heterocycles. The zero-order chi connectivity index (χ0) is 13.8. The molecule has 1 fully saturated rings. The summed E-state index contributed by atoms with van der Waals surface area (Å²) in [6.07, 6.45) is 6.98. The maximum Gasteiger partial charge on any atom is 0.0737 e. The van der Waals surface area contributed by atoms with Crippen molar-refractivity contribution in [3.63, 3.8) is 0 Å². The van der Waals surface area contributed by atoms with E-state index in [0.29, 0.717) is 6.10 Å². The molecule has 0 saturated carbocycles. The van der Waals surface area contributed by atoms with Crippen molar-refractivity contribution in [2.24, 2.45) is 0 Å².